The van der Waals surface area contributed by atoms with Crippen LogP contribution in [-0.4, -0.2) is 0 Å². The zero-order valence-electron chi connectivity index (χ0n) is 11.5. The van der Waals surface area contributed by atoms with Crippen molar-refractivity contribution in [1.82, 2.24) is 0 Å². The van der Waals surface area contributed by atoms with Gasteiger partial charge in [0.1, 0.15) is 0 Å². The van der Waals surface area contributed by atoms with Gasteiger partial charge in [0.2, 0.25) is 0 Å². The second-order valence-electron chi connectivity index (χ2n) is 4.71. The van der Waals surface area contributed by atoms with Crippen molar-refractivity contribution < 1.29 is 0 Å². The number of benzene rings is 2. The van der Waals surface area contributed by atoms with Crippen LogP contribution in [0.25, 0.3) is 0 Å². The van der Waals surface area contributed by atoms with E-state index in [0.29, 0.717) is 6.04 Å². The average molecular weight is 274 g/mol. The van der Waals surface area contributed by atoms with Gasteiger partial charge in [-0.15, -0.1) is 0 Å². The minimum absolute atomic E-state index is 0.323. The SMILES string of the molecule is CCc1ccc(C(CC)Nc2cccc(Cl)c2)cc1. The van der Waals surface area contributed by atoms with Gasteiger partial charge in [0.25, 0.3) is 0 Å². The minimum Gasteiger partial charge on any atom is -0.378 e. The topological polar surface area (TPSA) is 12.0 Å². The average Bonchev–Trinajstić information content (AvgIpc) is 2.45. The Balaban J connectivity index is 2.15. The summed E-state index contributed by atoms with van der Waals surface area (Å²) in [5.74, 6) is 0. The molecule has 1 nitrogen and oxygen atoms in total. The van der Waals surface area contributed by atoms with Crippen LogP contribution >= 0.6 is 11.6 Å². The molecule has 0 saturated carbocycles. The van der Waals surface area contributed by atoms with Crippen molar-refractivity contribution >= 4 is 17.3 Å². The maximum atomic E-state index is 6.02. The summed E-state index contributed by atoms with van der Waals surface area (Å²) < 4.78 is 0. The summed E-state index contributed by atoms with van der Waals surface area (Å²) in [6.45, 7) is 4.37. The van der Waals surface area contributed by atoms with E-state index in [1.807, 2.05) is 18.2 Å². The molecule has 0 aliphatic carbocycles. The molecule has 1 atom stereocenters. The van der Waals surface area contributed by atoms with Crippen molar-refractivity contribution in [1.29, 1.82) is 0 Å². The van der Waals surface area contributed by atoms with E-state index >= 15 is 0 Å². The van der Waals surface area contributed by atoms with Crippen molar-refractivity contribution in [3.8, 4) is 0 Å². The van der Waals surface area contributed by atoms with Crippen molar-refractivity contribution in [2.45, 2.75) is 32.7 Å². The van der Waals surface area contributed by atoms with E-state index in [1.165, 1.54) is 11.1 Å². The molecule has 2 rings (SSSR count). The zero-order chi connectivity index (χ0) is 13.7. The van der Waals surface area contributed by atoms with Gasteiger partial charge >= 0.3 is 0 Å². The van der Waals surface area contributed by atoms with Gasteiger partial charge in [-0.05, 0) is 42.2 Å². The molecule has 0 aliphatic rings. The molecule has 2 heteroatoms. The van der Waals surface area contributed by atoms with Crippen molar-refractivity contribution in [3.05, 3.63) is 64.7 Å². The molecule has 1 N–H and O–H groups in total. The van der Waals surface area contributed by atoms with Gasteiger partial charge in [-0.2, -0.15) is 0 Å². The third-order valence-corrected chi connectivity index (χ3v) is 3.60. The quantitative estimate of drug-likeness (QED) is 0.762. The second kappa shape index (κ2) is 6.63. The number of hydrogen-bond acceptors (Lipinski definition) is 1. The van der Waals surface area contributed by atoms with Gasteiger partial charge in [0, 0.05) is 10.7 Å². The molecule has 0 spiro atoms. The van der Waals surface area contributed by atoms with E-state index in [1.54, 1.807) is 0 Å². The number of hydrogen-bond donors (Lipinski definition) is 1. The highest BCUT2D eigenvalue weighted by Crippen LogP contribution is 2.24. The van der Waals surface area contributed by atoms with Gasteiger partial charge in [0.15, 0.2) is 0 Å². The molecule has 2 aromatic carbocycles. The predicted molar refractivity (Wildman–Crippen MR) is 83.9 cm³/mol. The molecule has 0 saturated heterocycles. The summed E-state index contributed by atoms with van der Waals surface area (Å²) in [6, 6.07) is 17.0. The number of nitrogens with one attached hydrogen (secondary N) is 1. The van der Waals surface area contributed by atoms with Gasteiger partial charge in [-0.25, -0.2) is 0 Å². The Morgan fingerprint density at radius 2 is 1.79 bits per heavy atom. The summed E-state index contributed by atoms with van der Waals surface area (Å²) in [5, 5.41) is 4.30. The van der Waals surface area contributed by atoms with Crippen molar-refractivity contribution in [3.63, 3.8) is 0 Å². The fraction of sp³-hybridized carbons (Fsp3) is 0.294. The molecule has 0 heterocycles. The first-order chi connectivity index (χ1) is 9.22. The fourth-order valence-electron chi connectivity index (χ4n) is 2.19. The normalized spacial score (nSPS) is 12.2. The number of rotatable bonds is 5. The molecular formula is C17H20ClN. The first-order valence-corrected chi connectivity index (χ1v) is 7.21. The molecule has 0 fully saturated rings. The standard InChI is InChI=1S/C17H20ClN/c1-3-13-8-10-14(11-9-13)17(4-2)19-16-7-5-6-15(18)12-16/h5-12,17,19H,3-4H2,1-2H3. The van der Waals surface area contributed by atoms with E-state index in [-0.39, 0.29) is 0 Å². The molecule has 2 aromatic rings. The summed E-state index contributed by atoms with van der Waals surface area (Å²) in [6.07, 6.45) is 2.12. The largest absolute Gasteiger partial charge is 0.378 e. The number of anilines is 1. The van der Waals surface area contributed by atoms with E-state index in [0.717, 1.165) is 23.6 Å². The third-order valence-electron chi connectivity index (χ3n) is 3.36. The molecule has 0 amide bonds. The Hall–Kier alpha value is -1.47. The fourth-order valence-corrected chi connectivity index (χ4v) is 2.38. The predicted octanol–water partition coefficient (Wildman–Crippen LogP) is 5.47. The first-order valence-electron chi connectivity index (χ1n) is 6.84. The molecule has 0 aliphatic heterocycles. The van der Waals surface area contributed by atoms with Crippen molar-refractivity contribution in [2.75, 3.05) is 5.32 Å². The molecular weight excluding hydrogens is 254 g/mol. The Kier molecular flexibility index (Phi) is 4.86. The highest BCUT2D eigenvalue weighted by molar-refractivity contribution is 6.30. The van der Waals surface area contributed by atoms with E-state index in [9.17, 15) is 0 Å². The molecule has 19 heavy (non-hydrogen) atoms. The lowest BCUT2D eigenvalue weighted by atomic mass is 10.0. The van der Waals surface area contributed by atoms with Crippen LogP contribution in [0.3, 0.4) is 0 Å². The van der Waals surface area contributed by atoms with Crippen LogP contribution < -0.4 is 5.32 Å². The smallest absolute Gasteiger partial charge is 0.0511 e. The van der Waals surface area contributed by atoms with E-state index in [2.05, 4.69) is 49.5 Å². The Morgan fingerprint density at radius 1 is 1.05 bits per heavy atom. The molecule has 0 bridgehead atoms. The Bertz CT molecular complexity index is 519. The Labute approximate surface area is 120 Å². The van der Waals surface area contributed by atoms with Crippen LogP contribution in [0, 0.1) is 0 Å². The minimum atomic E-state index is 0.323. The summed E-state index contributed by atoms with van der Waals surface area (Å²) in [7, 11) is 0. The molecule has 100 valence electrons. The van der Waals surface area contributed by atoms with E-state index in [4.69, 9.17) is 11.6 Å². The van der Waals surface area contributed by atoms with Crippen LogP contribution in [0.15, 0.2) is 48.5 Å². The van der Waals surface area contributed by atoms with Crippen LogP contribution in [-0.2, 0) is 6.42 Å². The van der Waals surface area contributed by atoms with Gasteiger partial charge in [-0.3, -0.25) is 0 Å². The summed E-state index contributed by atoms with van der Waals surface area (Å²) in [4.78, 5) is 0. The lowest BCUT2D eigenvalue weighted by Gasteiger charge is -2.19. The Morgan fingerprint density at radius 3 is 2.37 bits per heavy atom. The highest BCUT2D eigenvalue weighted by atomic mass is 35.5. The number of aryl methyl sites for hydroxylation is 1. The monoisotopic (exact) mass is 273 g/mol. The molecule has 0 radical (unpaired) electrons. The van der Waals surface area contributed by atoms with E-state index < -0.39 is 0 Å². The van der Waals surface area contributed by atoms with Crippen LogP contribution in [0.2, 0.25) is 5.02 Å². The summed E-state index contributed by atoms with van der Waals surface area (Å²) >= 11 is 6.02. The van der Waals surface area contributed by atoms with Gasteiger partial charge in [0.05, 0.1) is 6.04 Å². The molecule has 1 unspecified atom stereocenters. The number of halogens is 1. The van der Waals surface area contributed by atoms with Crippen LogP contribution in [0.4, 0.5) is 5.69 Å². The first kappa shape index (κ1) is 14.0. The lowest BCUT2D eigenvalue weighted by Crippen LogP contribution is -2.09. The zero-order valence-corrected chi connectivity index (χ0v) is 12.2. The van der Waals surface area contributed by atoms with Gasteiger partial charge in [-0.1, -0.05) is 55.8 Å². The summed E-state index contributed by atoms with van der Waals surface area (Å²) in [5.41, 5.74) is 3.76. The van der Waals surface area contributed by atoms with Crippen LogP contribution in [0.1, 0.15) is 37.4 Å². The maximum Gasteiger partial charge on any atom is 0.0511 e. The van der Waals surface area contributed by atoms with Crippen molar-refractivity contribution in [2.24, 2.45) is 0 Å². The van der Waals surface area contributed by atoms with Crippen LogP contribution in [0.5, 0.6) is 0 Å². The third kappa shape index (κ3) is 3.74. The highest BCUT2D eigenvalue weighted by Gasteiger charge is 2.09. The second-order valence-corrected chi connectivity index (χ2v) is 5.15. The lowest BCUT2D eigenvalue weighted by molar-refractivity contribution is 0.749. The molecule has 0 aromatic heterocycles. The maximum absolute atomic E-state index is 6.02. The van der Waals surface area contributed by atoms with Gasteiger partial charge < -0.3 is 5.32 Å².